The van der Waals surface area contributed by atoms with Gasteiger partial charge in [-0.05, 0) is 72.8 Å². The van der Waals surface area contributed by atoms with E-state index in [-0.39, 0.29) is 23.2 Å². The van der Waals surface area contributed by atoms with Crippen LogP contribution in [0.2, 0.25) is 0 Å². The highest BCUT2D eigenvalue weighted by Gasteiger charge is 2.43. The van der Waals surface area contributed by atoms with Crippen molar-refractivity contribution < 1.29 is 14.3 Å². The zero-order chi connectivity index (χ0) is 20.3. The third kappa shape index (κ3) is 5.79. The summed E-state index contributed by atoms with van der Waals surface area (Å²) in [7, 11) is 0. The molecule has 0 saturated heterocycles. The van der Waals surface area contributed by atoms with Gasteiger partial charge in [0.1, 0.15) is 11.6 Å². The van der Waals surface area contributed by atoms with Crippen LogP contribution in [-0.4, -0.2) is 29.3 Å². The highest BCUT2D eigenvalue weighted by atomic mass is 16.6. The Morgan fingerprint density at radius 3 is 2.19 bits per heavy atom. The molecule has 1 aromatic carbocycles. The molecule has 152 valence electrons. The fraction of sp³-hybridized carbons (Fsp3) is 0.696. The van der Waals surface area contributed by atoms with E-state index in [9.17, 15) is 4.79 Å². The molecule has 4 heteroatoms. The van der Waals surface area contributed by atoms with E-state index in [0.29, 0.717) is 0 Å². The van der Waals surface area contributed by atoms with Gasteiger partial charge in [0.25, 0.3) is 0 Å². The van der Waals surface area contributed by atoms with E-state index in [0.717, 1.165) is 24.8 Å². The van der Waals surface area contributed by atoms with Gasteiger partial charge in [-0.25, -0.2) is 0 Å². The number of benzene rings is 1. The van der Waals surface area contributed by atoms with E-state index in [2.05, 4.69) is 12.2 Å². The number of nitrogens with one attached hydrogen (secondary N) is 1. The van der Waals surface area contributed by atoms with E-state index in [4.69, 9.17) is 9.47 Å². The largest absolute Gasteiger partial charge is 0.454 e. The van der Waals surface area contributed by atoms with Crippen molar-refractivity contribution in [2.24, 2.45) is 0 Å². The maximum absolute atomic E-state index is 13.2. The van der Waals surface area contributed by atoms with Crippen LogP contribution < -0.4 is 5.32 Å². The van der Waals surface area contributed by atoms with E-state index in [1.54, 1.807) is 0 Å². The molecule has 0 radical (unpaired) electrons. The molecule has 0 spiro atoms. The Labute approximate surface area is 165 Å². The highest BCUT2D eigenvalue weighted by molar-refractivity contribution is 5.77. The number of hydrogen-bond donors (Lipinski definition) is 1. The lowest BCUT2D eigenvalue weighted by molar-refractivity contribution is -0.169. The minimum atomic E-state index is -0.696. The lowest BCUT2D eigenvalue weighted by atomic mass is 9.74. The molecule has 4 nitrogen and oxygen atoms in total. The van der Waals surface area contributed by atoms with Crippen LogP contribution in [0.1, 0.15) is 79.7 Å². The van der Waals surface area contributed by atoms with Crippen molar-refractivity contribution in [3.63, 3.8) is 0 Å². The molecule has 1 N–H and O–H groups in total. The zero-order valence-corrected chi connectivity index (χ0v) is 18.1. The average molecular weight is 376 g/mol. The summed E-state index contributed by atoms with van der Waals surface area (Å²) < 4.78 is 12.1. The standard InChI is InChI=1S/C23H37NO3/c1-8-23(15-12-16-23)24-19(17(2)26-21(3,4)5)20(25)27-22(6,7)18-13-10-9-11-14-18/h9-11,13-14,17,19,24H,8,12,15-16H2,1-7H3/t17-,19+/m1/s1. The van der Waals surface area contributed by atoms with Crippen LogP contribution in [0.3, 0.4) is 0 Å². The molecular weight excluding hydrogens is 338 g/mol. The van der Waals surface area contributed by atoms with Crippen molar-refractivity contribution in [3.8, 4) is 0 Å². The van der Waals surface area contributed by atoms with Crippen molar-refractivity contribution in [2.75, 3.05) is 0 Å². The Bertz CT molecular complexity index is 609. The molecule has 0 aliphatic heterocycles. The van der Waals surface area contributed by atoms with Gasteiger partial charge in [-0.3, -0.25) is 10.1 Å². The molecular formula is C23H37NO3. The van der Waals surface area contributed by atoms with Crippen LogP contribution in [0, 0.1) is 0 Å². The number of hydrogen-bond acceptors (Lipinski definition) is 4. The van der Waals surface area contributed by atoms with Crippen molar-refractivity contribution in [1.82, 2.24) is 5.32 Å². The first-order valence-corrected chi connectivity index (χ1v) is 10.2. The van der Waals surface area contributed by atoms with Crippen LogP contribution >= 0.6 is 0 Å². The molecule has 0 aromatic heterocycles. The van der Waals surface area contributed by atoms with Crippen molar-refractivity contribution >= 4 is 5.97 Å². The van der Waals surface area contributed by atoms with Crippen LogP contribution in [-0.2, 0) is 19.9 Å². The summed E-state index contributed by atoms with van der Waals surface area (Å²) in [4.78, 5) is 13.2. The molecule has 2 atom stereocenters. The van der Waals surface area contributed by atoms with Crippen molar-refractivity contribution in [2.45, 2.75) is 103 Å². The van der Waals surface area contributed by atoms with Crippen LogP contribution in [0.5, 0.6) is 0 Å². The maximum Gasteiger partial charge on any atom is 0.326 e. The zero-order valence-electron chi connectivity index (χ0n) is 18.1. The number of ether oxygens (including phenoxy) is 2. The Kier molecular flexibility index (Phi) is 6.75. The van der Waals surface area contributed by atoms with E-state index in [1.165, 1.54) is 6.42 Å². The lowest BCUT2D eigenvalue weighted by Crippen LogP contribution is -2.61. The fourth-order valence-electron chi connectivity index (χ4n) is 3.74. The quantitative estimate of drug-likeness (QED) is 0.653. The summed E-state index contributed by atoms with van der Waals surface area (Å²) in [5.41, 5.74) is -0.0159. The summed E-state index contributed by atoms with van der Waals surface area (Å²) >= 11 is 0. The summed E-state index contributed by atoms with van der Waals surface area (Å²) in [5.74, 6) is -0.250. The predicted molar refractivity (Wildman–Crippen MR) is 110 cm³/mol. The van der Waals surface area contributed by atoms with E-state index >= 15 is 0 Å². The summed E-state index contributed by atoms with van der Waals surface area (Å²) in [5, 5.41) is 3.61. The first-order valence-electron chi connectivity index (χ1n) is 10.2. The van der Waals surface area contributed by atoms with Crippen LogP contribution in [0.4, 0.5) is 0 Å². The molecule has 0 bridgehead atoms. The minimum absolute atomic E-state index is 0.0239. The van der Waals surface area contributed by atoms with Crippen molar-refractivity contribution in [3.05, 3.63) is 35.9 Å². The van der Waals surface area contributed by atoms with E-state index in [1.807, 2.05) is 71.9 Å². The fourth-order valence-corrected chi connectivity index (χ4v) is 3.74. The molecule has 1 fully saturated rings. The lowest BCUT2D eigenvalue weighted by Gasteiger charge is -2.46. The summed E-state index contributed by atoms with van der Waals surface area (Å²) in [6, 6.07) is 9.38. The van der Waals surface area contributed by atoms with Crippen LogP contribution in [0.15, 0.2) is 30.3 Å². The second-order valence-electron chi connectivity index (χ2n) is 9.34. The Morgan fingerprint density at radius 1 is 1.15 bits per heavy atom. The molecule has 1 aromatic rings. The first kappa shape index (κ1) is 21.9. The van der Waals surface area contributed by atoms with Gasteiger partial charge in [0, 0.05) is 5.54 Å². The van der Waals surface area contributed by atoms with Gasteiger partial charge in [-0.2, -0.15) is 0 Å². The van der Waals surface area contributed by atoms with Gasteiger partial charge in [0.05, 0.1) is 11.7 Å². The minimum Gasteiger partial charge on any atom is -0.454 e. The molecule has 1 saturated carbocycles. The Balaban J connectivity index is 2.19. The van der Waals surface area contributed by atoms with Gasteiger partial charge in [0.2, 0.25) is 0 Å². The molecule has 0 heterocycles. The Morgan fingerprint density at radius 2 is 1.74 bits per heavy atom. The molecule has 1 aliphatic rings. The monoisotopic (exact) mass is 375 g/mol. The number of rotatable bonds is 8. The average Bonchev–Trinajstić information content (AvgIpc) is 2.53. The molecule has 2 rings (SSSR count). The number of carbonyl (C=O) groups excluding carboxylic acids is 1. The SMILES string of the molecule is CCC1(N[C@H](C(=O)OC(C)(C)c2ccccc2)[C@@H](C)OC(C)(C)C)CCC1. The number of esters is 1. The second-order valence-corrected chi connectivity index (χ2v) is 9.34. The van der Waals surface area contributed by atoms with Gasteiger partial charge < -0.3 is 9.47 Å². The molecule has 0 amide bonds. The van der Waals surface area contributed by atoms with Crippen molar-refractivity contribution in [1.29, 1.82) is 0 Å². The first-order chi connectivity index (χ1) is 12.5. The van der Waals surface area contributed by atoms with E-state index < -0.39 is 11.6 Å². The van der Waals surface area contributed by atoms with Crippen LogP contribution in [0.25, 0.3) is 0 Å². The normalized spacial score (nSPS) is 19.1. The molecule has 0 unspecified atom stereocenters. The topological polar surface area (TPSA) is 47.6 Å². The number of carbonyl (C=O) groups is 1. The Hall–Kier alpha value is -1.39. The second kappa shape index (κ2) is 8.32. The van der Waals surface area contributed by atoms with Gasteiger partial charge >= 0.3 is 5.97 Å². The third-order valence-electron chi connectivity index (χ3n) is 5.54. The highest BCUT2D eigenvalue weighted by Crippen LogP contribution is 2.36. The molecule has 1 aliphatic carbocycles. The predicted octanol–water partition coefficient (Wildman–Crippen LogP) is 4.96. The molecule has 27 heavy (non-hydrogen) atoms. The summed E-state index contributed by atoms with van der Waals surface area (Å²) in [6.07, 6.45) is 4.11. The van der Waals surface area contributed by atoms with Gasteiger partial charge in [-0.15, -0.1) is 0 Å². The third-order valence-corrected chi connectivity index (χ3v) is 5.54. The summed E-state index contributed by atoms with van der Waals surface area (Å²) in [6.45, 7) is 14.0. The smallest absolute Gasteiger partial charge is 0.326 e. The van der Waals surface area contributed by atoms with Gasteiger partial charge in [0.15, 0.2) is 0 Å². The maximum atomic E-state index is 13.2. The van der Waals surface area contributed by atoms with Gasteiger partial charge in [-0.1, -0.05) is 37.3 Å².